The average molecular weight is 284 g/mol. The van der Waals surface area contributed by atoms with Crippen molar-refractivity contribution in [1.29, 1.82) is 0 Å². The van der Waals surface area contributed by atoms with Crippen LogP contribution in [0, 0.1) is 12.7 Å². The molecule has 1 aliphatic rings. The van der Waals surface area contributed by atoms with Gasteiger partial charge in [-0.1, -0.05) is 24.3 Å². The highest BCUT2D eigenvalue weighted by molar-refractivity contribution is 5.95. The van der Waals surface area contributed by atoms with Crippen molar-refractivity contribution in [2.24, 2.45) is 0 Å². The van der Waals surface area contributed by atoms with Crippen LogP contribution in [0.4, 0.5) is 10.1 Å². The molecule has 3 nitrogen and oxygen atoms in total. The van der Waals surface area contributed by atoms with Crippen molar-refractivity contribution in [3.8, 4) is 0 Å². The highest BCUT2D eigenvalue weighted by atomic mass is 19.1. The minimum atomic E-state index is -0.341. The smallest absolute Gasteiger partial charge is 0.241 e. The van der Waals surface area contributed by atoms with Crippen LogP contribution < -0.4 is 10.6 Å². The van der Waals surface area contributed by atoms with Gasteiger partial charge in [0.2, 0.25) is 5.91 Å². The van der Waals surface area contributed by atoms with Crippen molar-refractivity contribution in [3.63, 3.8) is 0 Å². The summed E-state index contributed by atoms with van der Waals surface area (Å²) >= 11 is 0. The summed E-state index contributed by atoms with van der Waals surface area (Å²) in [5.74, 6) is -0.471. The molecule has 0 saturated heterocycles. The molecule has 0 fully saturated rings. The summed E-state index contributed by atoms with van der Waals surface area (Å²) in [5.41, 5.74) is 3.69. The number of carbonyl (C=O) groups excluding carboxylic acids is 1. The van der Waals surface area contributed by atoms with Crippen LogP contribution in [-0.4, -0.2) is 11.9 Å². The highest BCUT2D eigenvalue weighted by Gasteiger charge is 2.23. The molecule has 2 aromatic carbocycles. The monoisotopic (exact) mass is 284 g/mol. The number of nitrogens with one attached hydrogen (secondary N) is 2. The van der Waals surface area contributed by atoms with Gasteiger partial charge in [0.1, 0.15) is 5.82 Å². The minimum absolute atomic E-state index is 0.130. The fourth-order valence-electron chi connectivity index (χ4n) is 2.68. The molecule has 1 atom stereocenters. The summed E-state index contributed by atoms with van der Waals surface area (Å²) in [6.07, 6.45) is 0.649. The number of halogens is 1. The molecule has 2 N–H and O–H groups in total. The van der Waals surface area contributed by atoms with Crippen LogP contribution in [0.5, 0.6) is 0 Å². The van der Waals surface area contributed by atoms with Gasteiger partial charge in [0.25, 0.3) is 0 Å². The number of benzene rings is 2. The summed E-state index contributed by atoms with van der Waals surface area (Å²) in [6.45, 7) is 2.48. The lowest BCUT2D eigenvalue weighted by molar-refractivity contribution is -0.118. The van der Waals surface area contributed by atoms with Crippen LogP contribution in [0.2, 0.25) is 0 Å². The van der Waals surface area contributed by atoms with Gasteiger partial charge in [-0.25, -0.2) is 4.39 Å². The van der Waals surface area contributed by atoms with Crippen molar-refractivity contribution < 1.29 is 9.18 Å². The van der Waals surface area contributed by atoms with Crippen LogP contribution in [0.15, 0.2) is 42.5 Å². The number of hydrogen-bond acceptors (Lipinski definition) is 2. The normalized spacial score (nSPS) is 17.1. The second-order valence-electron chi connectivity index (χ2n) is 5.41. The summed E-state index contributed by atoms with van der Waals surface area (Å²) in [4.78, 5) is 12.3. The van der Waals surface area contributed by atoms with E-state index in [1.165, 1.54) is 23.3 Å². The van der Waals surface area contributed by atoms with Gasteiger partial charge in [0, 0.05) is 12.2 Å². The van der Waals surface area contributed by atoms with Crippen LogP contribution in [-0.2, 0) is 17.8 Å². The molecule has 0 unspecified atom stereocenters. The van der Waals surface area contributed by atoms with E-state index < -0.39 is 0 Å². The van der Waals surface area contributed by atoms with E-state index in [0.29, 0.717) is 18.7 Å². The molecule has 4 heteroatoms. The summed E-state index contributed by atoms with van der Waals surface area (Å²) in [6, 6.07) is 12.3. The zero-order chi connectivity index (χ0) is 14.8. The number of rotatable bonds is 2. The quantitative estimate of drug-likeness (QED) is 0.890. The van der Waals surface area contributed by atoms with E-state index in [4.69, 9.17) is 0 Å². The van der Waals surface area contributed by atoms with E-state index in [1.54, 1.807) is 13.0 Å². The highest BCUT2D eigenvalue weighted by Crippen LogP contribution is 2.18. The molecule has 0 aromatic heterocycles. The fraction of sp³-hybridized carbons (Fsp3) is 0.235. The van der Waals surface area contributed by atoms with Gasteiger partial charge in [-0.15, -0.1) is 0 Å². The maximum atomic E-state index is 13.4. The Labute approximate surface area is 123 Å². The van der Waals surface area contributed by atoms with Crippen molar-refractivity contribution in [2.45, 2.75) is 25.9 Å². The van der Waals surface area contributed by atoms with Crippen molar-refractivity contribution in [3.05, 3.63) is 65.0 Å². The third-order valence-electron chi connectivity index (χ3n) is 3.71. The number of hydrogen-bond donors (Lipinski definition) is 2. The van der Waals surface area contributed by atoms with Crippen molar-refractivity contribution in [2.75, 3.05) is 5.32 Å². The number of carbonyl (C=O) groups is 1. The summed E-state index contributed by atoms with van der Waals surface area (Å²) in [5, 5.41) is 6.00. The van der Waals surface area contributed by atoms with Gasteiger partial charge in [0.05, 0.1) is 6.04 Å². The average Bonchev–Trinajstić information content (AvgIpc) is 2.45. The van der Waals surface area contributed by atoms with Crippen LogP contribution in [0.25, 0.3) is 0 Å². The number of fused-ring (bicyclic) bond motifs is 1. The first-order valence-corrected chi connectivity index (χ1v) is 7.00. The lowest BCUT2D eigenvalue weighted by Gasteiger charge is -2.25. The van der Waals surface area contributed by atoms with Gasteiger partial charge >= 0.3 is 0 Å². The lowest BCUT2D eigenvalue weighted by Crippen LogP contribution is -2.44. The third-order valence-corrected chi connectivity index (χ3v) is 3.71. The molecule has 0 saturated carbocycles. The molecule has 2 aromatic rings. The number of aryl methyl sites for hydroxylation is 1. The van der Waals surface area contributed by atoms with E-state index in [-0.39, 0.29) is 17.8 Å². The minimum Gasteiger partial charge on any atom is -0.325 e. The molecular weight excluding hydrogens is 267 g/mol. The lowest BCUT2D eigenvalue weighted by atomic mass is 9.95. The molecule has 0 radical (unpaired) electrons. The van der Waals surface area contributed by atoms with E-state index in [0.717, 1.165) is 5.56 Å². The SMILES string of the molecule is Cc1cc(F)cc(NC(=O)[C@H]2Cc3ccccc3CN2)c1. The maximum absolute atomic E-state index is 13.4. The molecule has 3 rings (SSSR count). The standard InChI is InChI=1S/C17H17FN2O/c1-11-6-14(18)9-15(7-11)20-17(21)16-8-12-4-2-3-5-13(12)10-19-16/h2-7,9,16,19H,8,10H2,1H3,(H,20,21)/t16-/m1/s1. The first-order valence-electron chi connectivity index (χ1n) is 7.00. The first-order chi connectivity index (χ1) is 10.1. The third kappa shape index (κ3) is 3.11. The Kier molecular flexibility index (Phi) is 3.71. The zero-order valence-corrected chi connectivity index (χ0v) is 11.8. The van der Waals surface area contributed by atoms with Gasteiger partial charge < -0.3 is 10.6 Å². The molecule has 21 heavy (non-hydrogen) atoms. The second kappa shape index (κ2) is 5.66. The second-order valence-corrected chi connectivity index (χ2v) is 5.41. The predicted molar refractivity (Wildman–Crippen MR) is 80.5 cm³/mol. The van der Waals surface area contributed by atoms with E-state index in [9.17, 15) is 9.18 Å². The predicted octanol–water partition coefficient (Wildman–Crippen LogP) is 2.79. The molecular formula is C17H17FN2O. The van der Waals surface area contributed by atoms with Crippen LogP contribution in [0.3, 0.4) is 0 Å². The summed E-state index contributed by atoms with van der Waals surface area (Å²) in [7, 11) is 0. The van der Waals surface area contributed by atoms with Crippen molar-refractivity contribution in [1.82, 2.24) is 5.32 Å². The fourth-order valence-corrected chi connectivity index (χ4v) is 2.68. The topological polar surface area (TPSA) is 41.1 Å². The van der Waals surface area contributed by atoms with Crippen LogP contribution >= 0.6 is 0 Å². The molecule has 0 aliphatic carbocycles. The van der Waals surface area contributed by atoms with E-state index in [1.807, 2.05) is 18.2 Å². The molecule has 1 amide bonds. The molecule has 0 spiro atoms. The number of amides is 1. The van der Waals surface area contributed by atoms with Gasteiger partial charge in [-0.05, 0) is 48.2 Å². The Morgan fingerprint density at radius 2 is 2.00 bits per heavy atom. The zero-order valence-electron chi connectivity index (χ0n) is 11.8. The molecule has 108 valence electrons. The Morgan fingerprint density at radius 1 is 1.24 bits per heavy atom. The van der Waals surface area contributed by atoms with Crippen LogP contribution in [0.1, 0.15) is 16.7 Å². The Balaban J connectivity index is 1.72. The Bertz CT molecular complexity index is 664. The number of anilines is 1. The molecule has 0 bridgehead atoms. The Hall–Kier alpha value is -2.20. The largest absolute Gasteiger partial charge is 0.325 e. The molecule has 1 heterocycles. The van der Waals surface area contributed by atoms with Gasteiger partial charge in [-0.3, -0.25) is 4.79 Å². The van der Waals surface area contributed by atoms with Crippen molar-refractivity contribution >= 4 is 11.6 Å². The van der Waals surface area contributed by atoms with Gasteiger partial charge in [0.15, 0.2) is 0 Å². The Morgan fingerprint density at radius 3 is 2.76 bits per heavy atom. The maximum Gasteiger partial charge on any atom is 0.241 e. The van der Waals surface area contributed by atoms with E-state index >= 15 is 0 Å². The molecule has 1 aliphatic heterocycles. The first kappa shape index (κ1) is 13.8. The summed E-state index contributed by atoms with van der Waals surface area (Å²) < 4.78 is 13.4. The van der Waals surface area contributed by atoms with Gasteiger partial charge in [-0.2, -0.15) is 0 Å². The van der Waals surface area contributed by atoms with E-state index in [2.05, 4.69) is 16.7 Å².